The van der Waals surface area contributed by atoms with Crippen LogP contribution < -0.4 is 4.74 Å². The lowest BCUT2D eigenvalue weighted by Gasteiger charge is -2.28. The van der Waals surface area contributed by atoms with Crippen molar-refractivity contribution < 1.29 is 17.9 Å². The highest BCUT2D eigenvalue weighted by atomic mass is 35.5. The third-order valence-electron chi connectivity index (χ3n) is 6.60. The molecule has 1 aromatic heterocycles. The monoisotopic (exact) mass is 569 g/mol. The predicted octanol–water partition coefficient (Wildman–Crippen LogP) is 7.74. The molecule has 0 bridgehead atoms. The van der Waals surface area contributed by atoms with Gasteiger partial charge in [0, 0.05) is 28.0 Å². The second kappa shape index (κ2) is 10.9. The van der Waals surface area contributed by atoms with Crippen LogP contribution in [0.25, 0.3) is 5.69 Å². The van der Waals surface area contributed by atoms with E-state index >= 15 is 0 Å². The quantitative estimate of drug-likeness (QED) is 0.204. The lowest BCUT2D eigenvalue weighted by Crippen LogP contribution is -2.23. The van der Waals surface area contributed by atoms with Crippen molar-refractivity contribution in [2.45, 2.75) is 30.2 Å². The lowest BCUT2D eigenvalue weighted by atomic mass is 9.81. The number of methoxy groups -OCH3 is 1. The molecule has 200 valence electrons. The second-order valence-corrected chi connectivity index (χ2v) is 10.7. The van der Waals surface area contributed by atoms with Crippen molar-refractivity contribution in [3.05, 3.63) is 106 Å². The number of benzene rings is 3. The van der Waals surface area contributed by atoms with Gasteiger partial charge in [0.15, 0.2) is 5.16 Å². The minimum Gasteiger partial charge on any atom is -0.495 e. The topological polar surface area (TPSA) is 64.1 Å². The number of hydrogen-bond donors (Lipinski definition) is 0. The Morgan fingerprint density at radius 3 is 2.36 bits per heavy atom. The van der Waals surface area contributed by atoms with Crippen LogP contribution in [0.3, 0.4) is 0 Å². The number of hydrogen-bond acceptors (Lipinski definition) is 6. The third kappa shape index (κ3) is 5.31. The van der Waals surface area contributed by atoms with E-state index in [1.54, 1.807) is 31.5 Å². The van der Waals surface area contributed by atoms with E-state index in [2.05, 4.69) is 20.4 Å². The van der Waals surface area contributed by atoms with Gasteiger partial charge in [-0.15, -0.1) is 5.10 Å². The Bertz CT molecular complexity index is 1580. The molecule has 39 heavy (non-hydrogen) atoms. The van der Waals surface area contributed by atoms with E-state index in [-0.39, 0.29) is 23.7 Å². The minimum absolute atomic E-state index is 0.0222. The van der Waals surface area contributed by atoms with Crippen LogP contribution >= 0.6 is 23.4 Å². The molecule has 2 heterocycles. The average Bonchev–Trinajstić information content (AvgIpc) is 3.60. The molecule has 5 rings (SSSR count). The minimum atomic E-state index is -0.694. The van der Waals surface area contributed by atoms with Crippen molar-refractivity contribution >= 4 is 29.1 Å². The van der Waals surface area contributed by atoms with Crippen LogP contribution in [0.15, 0.2) is 81.4 Å². The predicted molar refractivity (Wildman–Crippen MR) is 146 cm³/mol. The maximum atomic E-state index is 15.0. The summed E-state index contributed by atoms with van der Waals surface area (Å²) in [6.07, 6.45) is 1.71. The highest BCUT2D eigenvalue weighted by Crippen LogP contribution is 2.39. The summed E-state index contributed by atoms with van der Waals surface area (Å²) in [5.74, 6) is -1.24. The zero-order chi connectivity index (χ0) is 27.7. The van der Waals surface area contributed by atoms with Crippen LogP contribution in [0.1, 0.15) is 36.2 Å². The summed E-state index contributed by atoms with van der Waals surface area (Å²) in [6, 6.07) is 14.0. The summed E-state index contributed by atoms with van der Waals surface area (Å²) in [6.45, 7) is 4.21. The Hall–Kier alpha value is -3.63. The fourth-order valence-electron chi connectivity index (χ4n) is 4.33. The molecule has 1 aliphatic rings. The molecule has 0 N–H and O–H groups in total. The van der Waals surface area contributed by atoms with Gasteiger partial charge in [0.2, 0.25) is 0 Å². The summed E-state index contributed by atoms with van der Waals surface area (Å²) >= 11 is 7.59. The van der Waals surface area contributed by atoms with Gasteiger partial charge in [-0.1, -0.05) is 43.3 Å². The first-order chi connectivity index (χ1) is 18.7. The molecule has 0 aliphatic carbocycles. The fourth-order valence-corrected chi connectivity index (χ4v) is 5.60. The van der Waals surface area contributed by atoms with E-state index < -0.39 is 17.0 Å². The summed E-state index contributed by atoms with van der Waals surface area (Å²) in [5, 5.41) is 12.0. The van der Waals surface area contributed by atoms with Crippen LogP contribution in [-0.4, -0.2) is 28.9 Å². The lowest BCUT2D eigenvalue weighted by molar-refractivity contribution is 0.414. The Kier molecular flexibility index (Phi) is 7.51. The standard InChI is InChI=1S/C28H23ClF3N5OS/c1-28(2,17-4-9-25(38-3)21(29)12-17)26-14-33-27(37(26)19-7-5-18(30)6-8-19)39-15-20-22(31)10-16(11-23(20)32)24-13-34-36-35-24/h4-12,14H,13,15H2,1-3H3. The highest BCUT2D eigenvalue weighted by molar-refractivity contribution is 7.98. The molecule has 11 heteroatoms. The zero-order valence-electron chi connectivity index (χ0n) is 21.3. The molecular weight excluding hydrogens is 547 g/mol. The number of nitrogens with zero attached hydrogens (tertiary/aromatic N) is 5. The molecule has 0 atom stereocenters. The normalized spacial score (nSPS) is 13.2. The summed E-state index contributed by atoms with van der Waals surface area (Å²) < 4.78 is 50.9. The van der Waals surface area contributed by atoms with Crippen molar-refractivity contribution in [3.8, 4) is 11.4 Å². The maximum Gasteiger partial charge on any atom is 0.173 e. The Morgan fingerprint density at radius 1 is 1.03 bits per heavy atom. The van der Waals surface area contributed by atoms with Gasteiger partial charge in [-0.2, -0.15) is 5.11 Å². The van der Waals surface area contributed by atoms with E-state index in [1.165, 1.54) is 36.0 Å². The zero-order valence-corrected chi connectivity index (χ0v) is 22.8. The maximum absolute atomic E-state index is 15.0. The van der Waals surface area contributed by atoms with Gasteiger partial charge in [-0.3, -0.25) is 4.57 Å². The molecular formula is C28H23ClF3N5OS. The molecule has 3 aromatic carbocycles. The van der Waals surface area contributed by atoms with Gasteiger partial charge in [0.25, 0.3) is 0 Å². The van der Waals surface area contributed by atoms with E-state index in [0.29, 0.717) is 32.9 Å². The molecule has 6 nitrogen and oxygen atoms in total. The van der Waals surface area contributed by atoms with Gasteiger partial charge >= 0.3 is 0 Å². The average molecular weight is 570 g/mol. The Labute approximate surface area is 232 Å². The van der Waals surface area contributed by atoms with Gasteiger partial charge in [0.05, 0.1) is 29.7 Å². The number of rotatable bonds is 8. The first-order valence-corrected chi connectivity index (χ1v) is 13.3. The van der Waals surface area contributed by atoms with Crippen LogP contribution in [0.2, 0.25) is 5.02 Å². The fraction of sp³-hybridized carbons (Fsp3) is 0.214. The summed E-state index contributed by atoms with van der Waals surface area (Å²) in [4.78, 5) is 4.60. The largest absolute Gasteiger partial charge is 0.495 e. The number of thioether (sulfide) groups is 1. The molecule has 0 saturated heterocycles. The SMILES string of the molecule is COc1ccc(C(C)(C)c2cnc(SCc3c(F)cc(C4=NN=NC4)cc3F)n2-c2ccc(F)cc2)cc1Cl. The van der Waals surface area contributed by atoms with E-state index in [0.717, 1.165) is 11.3 Å². The van der Waals surface area contributed by atoms with Gasteiger partial charge in [-0.25, -0.2) is 18.2 Å². The number of imidazole rings is 1. The molecule has 0 spiro atoms. The Morgan fingerprint density at radius 2 is 1.74 bits per heavy atom. The van der Waals surface area contributed by atoms with Crippen LogP contribution in [0.4, 0.5) is 13.2 Å². The van der Waals surface area contributed by atoms with E-state index in [4.69, 9.17) is 16.3 Å². The Balaban J connectivity index is 1.52. The first kappa shape index (κ1) is 27.0. The molecule has 0 amide bonds. The molecule has 0 fully saturated rings. The van der Waals surface area contributed by atoms with Gasteiger partial charge in [-0.05, 0) is 59.3 Å². The van der Waals surface area contributed by atoms with Gasteiger partial charge in [0.1, 0.15) is 29.7 Å². The summed E-state index contributed by atoms with van der Waals surface area (Å²) in [5.41, 5.74) is 2.35. The second-order valence-electron chi connectivity index (χ2n) is 9.35. The van der Waals surface area contributed by atoms with Crippen LogP contribution in [0, 0.1) is 17.5 Å². The van der Waals surface area contributed by atoms with E-state index in [1.807, 2.05) is 30.5 Å². The molecule has 0 saturated carbocycles. The van der Waals surface area contributed by atoms with E-state index in [9.17, 15) is 13.2 Å². The number of ether oxygens (including phenoxy) is 1. The molecule has 0 radical (unpaired) electrons. The van der Waals surface area contributed by atoms with Crippen molar-refractivity contribution in [2.24, 2.45) is 15.4 Å². The van der Waals surface area contributed by atoms with Crippen molar-refractivity contribution in [1.82, 2.24) is 9.55 Å². The molecule has 1 aliphatic heterocycles. The molecule has 0 unspecified atom stereocenters. The van der Waals surface area contributed by atoms with Crippen molar-refractivity contribution in [1.29, 1.82) is 0 Å². The smallest absolute Gasteiger partial charge is 0.173 e. The van der Waals surface area contributed by atoms with Crippen LogP contribution in [-0.2, 0) is 11.2 Å². The van der Waals surface area contributed by atoms with Crippen molar-refractivity contribution in [2.75, 3.05) is 13.7 Å². The molecule has 4 aromatic rings. The number of halogens is 4. The van der Waals surface area contributed by atoms with Gasteiger partial charge < -0.3 is 4.74 Å². The number of aromatic nitrogens is 2. The highest BCUT2D eigenvalue weighted by Gasteiger charge is 2.30. The third-order valence-corrected chi connectivity index (χ3v) is 7.87. The van der Waals surface area contributed by atoms with Crippen molar-refractivity contribution in [3.63, 3.8) is 0 Å². The summed E-state index contributed by atoms with van der Waals surface area (Å²) in [7, 11) is 1.55. The van der Waals surface area contributed by atoms with Crippen LogP contribution in [0.5, 0.6) is 5.75 Å². The first-order valence-electron chi connectivity index (χ1n) is 11.9.